The minimum Gasteiger partial charge on any atom is -0.464 e. The molecule has 2 atom stereocenters. The van der Waals surface area contributed by atoms with Gasteiger partial charge in [0.05, 0.1) is 37.3 Å². The average molecular weight is 501 g/mol. The van der Waals surface area contributed by atoms with Gasteiger partial charge >= 0.3 is 5.97 Å². The molecule has 192 valence electrons. The van der Waals surface area contributed by atoms with Crippen LogP contribution in [0.5, 0.6) is 0 Å². The summed E-state index contributed by atoms with van der Waals surface area (Å²) in [6.07, 6.45) is 3.92. The van der Waals surface area contributed by atoms with Crippen LogP contribution in [0.25, 0.3) is 11.0 Å². The number of halogens is 2. The van der Waals surface area contributed by atoms with Gasteiger partial charge in [0.25, 0.3) is 0 Å². The lowest BCUT2D eigenvalue weighted by atomic mass is 10.1. The molecule has 1 aliphatic heterocycles. The molecule has 8 nitrogen and oxygen atoms in total. The molecule has 1 aromatic carbocycles. The summed E-state index contributed by atoms with van der Waals surface area (Å²) in [6.45, 7) is 4.98. The molecule has 4 rings (SSSR count). The van der Waals surface area contributed by atoms with Crippen molar-refractivity contribution in [3.63, 3.8) is 0 Å². The third-order valence-corrected chi connectivity index (χ3v) is 6.48. The molecule has 1 fully saturated rings. The number of methoxy groups -OCH3 is 1. The third-order valence-electron chi connectivity index (χ3n) is 6.48. The van der Waals surface area contributed by atoms with Gasteiger partial charge in [0.2, 0.25) is 5.91 Å². The monoisotopic (exact) mass is 500 g/mol. The Labute approximate surface area is 208 Å². The summed E-state index contributed by atoms with van der Waals surface area (Å²) in [4.78, 5) is 30.4. The molecule has 1 aliphatic rings. The number of ether oxygens (including phenoxy) is 2. The number of nitrogens with zero attached hydrogens (tertiary/aromatic N) is 2. The normalized spacial score (nSPS) is 16.2. The number of nitrogens with one attached hydrogen (secondary N) is 2. The van der Waals surface area contributed by atoms with Crippen molar-refractivity contribution in [3.8, 4) is 0 Å². The maximum atomic E-state index is 13.6. The minimum absolute atomic E-state index is 0.0879. The van der Waals surface area contributed by atoms with Crippen LogP contribution in [0.3, 0.4) is 0 Å². The lowest BCUT2D eigenvalue weighted by Gasteiger charge is -2.15. The number of fused-ring (bicyclic) bond motifs is 1. The topological polar surface area (TPSA) is 94.5 Å². The molecular formula is C26H30F2N4O4. The fraction of sp³-hybridized carbons (Fsp3) is 0.423. The molecule has 0 bridgehead atoms. The fourth-order valence-electron chi connectivity index (χ4n) is 4.21. The fourth-order valence-corrected chi connectivity index (χ4v) is 4.21. The molecule has 1 amide bonds. The van der Waals surface area contributed by atoms with Crippen molar-refractivity contribution < 1.29 is 27.8 Å². The Morgan fingerprint density at radius 1 is 1.28 bits per heavy atom. The van der Waals surface area contributed by atoms with E-state index in [4.69, 9.17) is 9.47 Å². The second-order valence-corrected chi connectivity index (χ2v) is 8.96. The number of carbonyl (C=O) groups is 2. The molecule has 3 aromatic rings. The highest BCUT2D eigenvalue weighted by Gasteiger charge is 2.29. The molecule has 36 heavy (non-hydrogen) atoms. The van der Waals surface area contributed by atoms with Crippen molar-refractivity contribution in [3.05, 3.63) is 53.4 Å². The van der Waals surface area contributed by atoms with Crippen molar-refractivity contribution in [2.75, 3.05) is 24.4 Å². The number of aromatic nitrogens is 2. The molecule has 10 heteroatoms. The van der Waals surface area contributed by atoms with Crippen molar-refractivity contribution in [2.45, 2.75) is 52.3 Å². The van der Waals surface area contributed by atoms with E-state index in [-0.39, 0.29) is 30.2 Å². The predicted octanol–water partition coefficient (Wildman–Crippen LogP) is 4.88. The summed E-state index contributed by atoms with van der Waals surface area (Å²) in [5.74, 6) is -2.92. The zero-order valence-corrected chi connectivity index (χ0v) is 20.6. The van der Waals surface area contributed by atoms with Crippen molar-refractivity contribution in [2.24, 2.45) is 5.92 Å². The quantitative estimate of drug-likeness (QED) is 0.407. The zero-order chi connectivity index (χ0) is 25.8. The van der Waals surface area contributed by atoms with Gasteiger partial charge < -0.3 is 24.7 Å². The molecule has 2 N–H and O–H groups in total. The molecule has 0 aliphatic carbocycles. The number of rotatable bonds is 9. The van der Waals surface area contributed by atoms with Gasteiger partial charge in [-0.05, 0) is 43.0 Å². The summed E-state index contributed by atoms with van der Waals surface area (Å²) in [6, 6.07) is 5.46. The third kappa shape index (κ3) is 5.33. The molecule has 0 radical (unpaired) electrons. The van der Waals surface area contributed by atoms with Crippen LogP contribution in [0.4, 0.5) is 20.2 Å². The second kappa shape index (κ2) is 11.0. The van der Waals surface area contributed by atoms with Crippen LogP contribution in [0.1, 0.15) is 49.2 Å². The number of hydrogen-bond donors (Lipinski definition) is 2. The Morgan fingerprint density at radius 2 is 2.08 bits per heavy atom. The summed E-state index contributed by atoms with van der Waals surface area (Å²) in [7, 11) is 1.29. The Bertz CT molecular complexity index is 1270. The number of benzene rings is 1. The van der Waals surface area contributed by atoms with Gasteiger partial charge in [-0.25, -0.2) is 18.6 Å². The number of pyridine rings is 1. The van der Waals surface area contributed by atoms with E-state index in [1.807, 2.05) is 13.8 Å². The molecule has 2 aromatic heterocycles. The Hall–Kier alpha value is -3.53. The van der Waals surface area contributed by atoms with Gasteiger partial charge in [-0.2, -0.15) is 0 Å². The number of hydrogen-bond acceptors (Lipinski definition) is 6. The van der Waals surface area contributed by atoms with Gasteiger partial charge in [0, 0.05) is 24.5 Å². The van der Waals surface area contributed by atoms with Gasteiger partial charge in [0.1, 0.15) is 5.65 Å². The largest absolute Gasteiger partial charge is 0.464 e. The Kier molecular flexibility index (Phi) is 7.83. The number of anilines is 2. The number of amides is 1. The van der Waals surface area contributed by atoms with E-state index in [1.165, 1.54) is 13.2 Å². The first-order valence-corrected chi connectivity index (χ1v) is 12.0. The maximum absolute atomic E-state index is 13.6. The van der Waals surface area contributed by atoms with Crippen molar-refractivity contribution in [1.29, 1.82) is 0 Å². The van der Waals surface area contributed by atoms with Crippen LogP contribution in [0.15, 0.2) is 30.5 Å². The van der Waals surface area contributed by atoms with E-state index < -0.39 is 17.6 Å². The predicted molar refractivity (Wildman–Crippen MR) is 132 cm³/mol. The standard InChI is InChI=1S/C26H30F2N4O4/c1-4-15(2)25(33)31-22-19-11-17(29-12-16-7-8-20(27)21(28)10-16)13-30-24(19)32(23(22)26(34)35-3)14-18-6-5-9-36-18/h7-8,10-11,13,15,18,29H,4-6,9,12,14H2,1-3H3,(H,31,33)/t15-,18+/m0/s1. The van der Waals surface area contributed by atoms with Crippen LogP contribution in [0, 0.1) is 17.6 Å². The van der Waals surface area contributed by atoms with E-state index in [2.05, 4.69) is 15.6 Å². The molecule has 0 saturated carbocycles. The molecular weight excluding hydrogens is 470 g/mol. The Morgan fingerprint density at radius 3 is 2.75 bits per heavy atom. The lowest BCUT2D eigenvalue weighted by Crippen LogP contribution is -2.23. The summed E-state index contributed by atoms with van der Waals surface area (Å²) >= 11 is 0. The molecule has 1 saturated heterocycles. The van der Waals surface area contributed by atoms with Crippen LogP contribution in [-0.2, 0) is 27.4 Å². The van der Waals surface area contributed by atoms with E-state index >= 15 is 0 Å². The first kappa shape index (κ1) is 25.6. The van der Waals surface area contributed by atoms with E-state index in [0.29, 0.717) is 47.5 Å². The molecule has 0 spiro atoms. The summed E-state index contributed by atoms with van der Waals surface area (Å²) in [5.41, 5.74) is 2.15. The van der Waals surface area contributed by atoms with Gasteiger partial charge in [0.15, 0.2) is 17.3 Å². The van der Waals surface area contributed by atoms with Crippen LogP contribution >= 0.6 is 0 Å². The van der Waals surface area contributed by atoms with Gasteiger partial charge in [-0.1, -0.05) is 19.9 Å². The first-order chi connectivity index (χ1) is 17.3. The van der Waals surface area contributed by atoms with E-state index in [0.717, 1.165) is 25.0 Å². The van der Waals surface area contributed by atoms with Crippen molar-refractivity contribution in [1.82, 2.24) is 9.55 Å². The first-order valence-electron chi connectivity index (χ1n) is 12.0. The van der Waals surface area contributed by atoms with Crippen molar-refractivity contribution >= 4 is 34.3 Å². The second-order valence-electron chi connectivity index (χ2n) is 8.96. The lowest BCUT2D eigenvalue weighted by molar-refractivity contribution is -0.119. The van der Waals surface area contributed by atoms with Crippen LogP contribution in [0.2, 0.25) is 0 Å². The van der Waals surface area contributed by atoms with Gasteiger partial charge in [-0.15, -0.1) is 0 Å². The van der Waals surface area contributed by atoms with E-state index in [9.17, 15) is 18.4 Å². The molecule has 0 unspecified atom stereocenters. The van der Waals surface area contributed by atoms with Gasteiger partial charge in [-0.3, -0.25) is 4.79 Å². The van der Waals surface area contributed by atoms with E-state index in [1.54, 1.807) is 16.8 Å². The summed E-state index contributed by atoms with van der Waals surface area (Å²) in [5, 5.41) is 6.62. The van der Waals surface area contributed by atoms with Crippen LogP contribution in [-0.4, -0.2) is 41.2 Å². The highest BCUT2D eigenvalue weighted by molar-refractivity contribution is 6.11. The highest BCUT2D eigenvalue weighted by atomic mass is 19.2. The molecule has 3 heterocycles. The minimum atomic E-state index is -0.924. The number of esters is 1. The SMILES string of the molecule is CC[C@H](C)C(=O)Nc1c(C(=O)OC)n(C[C@H]2CCCO2)c2ncc(NCc3ccc(F)c(F)c3)cc12. The highest BCUT2D eigenvalue weighted by Crippen LogP contribution is 2.34. The van der Waals surface area contributed by atoms with Crippen LogP contribution < -0.4 is 10.6 Å². The smallest absolute Gasteiger partial charge is 0.356 e. The maximum Gasteiger partial charge on any atom is 0.356 e. The summed E-state index contributed by atoms with van der Waals surface area (Å²) < 4.78 is 39.5. The average Bonchev–Trinajstić information content (AvgIpc) is 3.50. The number of carbonyl (C=O) groups excluding carboxylic acids is 2. The Balaban J connectivity index is 1.76. The zero-order valence-electron chi connectivity index (χ0n) is 20.6.